The van der Waals surface area contributed by atoms with Crippen LogP contribution in [0.2, 0.25) is 0 Å². The van der Waals surface area contributed by atoms with Crippen LogP contribution in [0.4, 0.5) is 0 Å². The summed E-state index contributed by atoms with van der Waals surface area (Å²) in [5, 5.41) is 9.86. The van der Waals surface area contributed by atoms with E-state index in [1.807, 2.05) is 0 Å². The first kappa shape index (κ1) is 11.9. The Morgan fingerprint density at radius 2 is 2.12 bits per heavy atom. The molecule has 1 N–H and O–H groups in total. The monoisotopic (exact) mass is 227 g/mol. The molecule has 0 bridgehead atoms. The lowest BCUT2D eigenvalue weighted by Crippen LogP contribution is -2.39. The predicted octanol–water partition coefficient (Wildman–Crippen LogP) is 0.641. The van der Waals surface area contributed by atoms with Crippen molar-refractivity contribution in [3.05, 3.63) is 0 Å². The molecule has 0 aromatic carbocycles. The van der Waals surface area contributed by atoms with Crippen molar-refractivity contribution in [3.63, 3.8) is 0 Å². The zero-order chi connectivity index (χ0) is 11.7. The van der Waals surface area contributed by atoms with Gasteiger partial charge in [-0.3, -0.25) is 9.69 Å². The first-order valence-corrected chi connectivity index (χ1v) is 6.13. The molecule has 1 saturated heterocycles. The zero-order valence-corrected chi connectivity index (χ0v) is 10.1. The van der Waals surface area contributed by atoms with Crippen LogP contribution in [-0.2, 0) is 9.53 Å². The third-order valence-corrected chi connectivity index (χ3v) is 4.06. The molecule has 2 aliphatic rings. The lowest BCUT2D eigenvalue weighted by molar-refractivity contribution is -0.146. The standard InChI is InChI=1S/C12H21NO3/c1-8-6-13(7-9(8)12(15)16-2)10-4-3-5-11(10)14/h8-11,14H,3-7H2,1-2H3. The molecule has 1 saturated carbocycles. The van der Waals surface area contributed by atoms with E-state index in [0.29, 0.717) is 5.92 Å². The summed E-state index contributed by atoms with van der Waals surface area (Å²) >= 11 is 0. The molecule has 4 nitrogen and oxygen atoms in total. The first-order chi connectivity index (χ1) is 7.63. The minimum atomic E-state index is -0.205. The third-order valence-electron chi connectivity index (χ3n) is 4.06. The second kappa shape index (κ2) is 4.72. The molecule has 1 heterocycles. The Hall–Kier alpha value is -0.610. The number of likely N-dealkylation sites (tertiary alicyclic amines) is 1. The molecule has 16 heavy (non-hydrogen) atoms. The van der Waals surface area contributed by atoms with Crippen molar-refractivity contribution >= 4 is 5.97 Å². The van der Waals surface area contributed by atoms with Crippen molar-refractivity contribution in [3.8, 4) is 0 Å². The summed E-state index contributed by atoms with van der Waals surface area (Å²) in [6, 6.07) is 0.261. The van der Waals surface area contributed by atoms with Crippen LogP contribution < -0.4 is 0 Å². The highest BCUT2D eigenvalue weighted by Crippen LogP contribution is 2.32. The van der Waals surface area contributed by atoms with Gasteiger partial charge in [0.15, 0.2) is 0 Å². The molecule has 4 unspecified atom stereocenters. The van der Waals surface area contributed by atoms with Gasteiger partial charge in [0.2, 0.25) is 0 Å². The summed E-state index contributed by atoms with van der Waals surface area (Å²) < 4.78 is 4.81. The number of hydrogen-bond donors (Lipinski definition) is 1. The quantitative estimate of drug-likeness (QED) is 0.703. The molecular weight excluding hydrogens is 206 g/mol. The molecule has 0 aromatic rings. The summed E-state index contributed by atoms with van der Waals surface area (Å²) in [7, 11) is 1.45. The first-order valence-electron chi connectivity index (χ1n) is 6.13. The molecule has 2 fully saturated rings. The maximum absolute atomic E-state index is 11.6. The van der Waals surface area contributed by atoms with E-state index < -0.39 is 0 Å². The van der Waals surface area contributed by atoms with Crippen LogP contribution in [0, 0.1) is 11.8 Å². The summed E-state index contributed by atoms with van der Waals surface area (Å²) in [4.78, 5) is 13.8. The fraction of sp³-hybridized carbons (Fsp3) is 0.917. The van der Waals surface area contributed by atoms with Gasteiger partial charge in [0.25, 0.3) is 0 Å². The van der Waals surface area contributed by atoms with E-state index in [1.165, 1.54) is 7.11 Å². The second-order valence-corrected chi connectivity index (χ2v) is 5.13. The number of hydrogen-bond acceptors (Lipinski definition) is 4. The van der Waals surface area contributed by atoms with Crippen LogP contribution in [0.15, 0.2) is 0 Å². The Balaban J connectivity index is 1.97. The largest absolute Gasteiger partial charge is 0.469 e. The molecule has 92 valence electrons. The van der Waals surface area contributed by atoms with Gasteiger partial charge >= 0.3 is 5.97 Å². The van der Waals surface area contributed by atoms with Gasteiger partial charge in [-0.2, -0.15) is 0 Å². The number of methoxy groups -OCH3 is 1. The fourth-order valence-electron chi connectivity index (χ4n) is 3.08. The maximum atomic E-state index is 11.6. The van der Waals surface area contributed by atoms with E-state index in [4.69, 9.17) is 4.74 Å². The van der Waals surface area contributed by atoms with Gasteiger partial charge in [-0.1, -0.05) is 6.92 Å². The number of nitrogens with zero attached hydrogens (tertiary/aromatic N) is 1. The van der Waals surface area contributed by atoms with E-state index in [9.17, 15) is 9.90 Å². The van der Waals surface area contributed by atoms with Crippen molar-refractivity contribution in [2.75, 3.05) is 20.2 Å². The second-order valence-electron chi connectivity index (χ2n) is 5.13. The molecule has 0 radical (unpaired) electrons. The van der Waals surface area contributed by atoms with Gasteiger partial charge in [-0.25, -0.2) is 0 Å². The highest BCUT2D eigenvalue weighted by atomic mass is 16.5. The van der Waals surface area contributed by atoms with Crippen LogP contribution in [0.5, 0.6) is 0 Å². The summed E-state index contributed by atoms with van der Waals surface area (Å²) in [6.45, 7) is 3.74. The Morgan fingerprint density at radius 1 is 1.38 bits per heavy atom. The average Bonchev–Trinajstić information content (AvgIpc) is 2.83. The van der Waals surface area contributed by atoms with Crippen LogP contribution in [0.25, 0.3) is 0 Å². The summed E-state index contributed by atoms with van der Waals surface area (Å²) in [5.74, 6) is 0.209. The van der Waals surface area contributed by atoms with Gasteiger partial charge in [0.05, 0.1) is 19.1 Å². The van der Waals surface area contributed by atoms with E-state index in [2.05, 4.69) is 11.8 Å². The van der Waals surface area contributed by atoms with Crippen LogP contribution in [0.1, 0.15) is 26.2 Å². The maximum Gasteiger partial charge on any atom is 0.310 e. The lowest BCUT2D eigenvalue weighted by Gasteiger charge is -2.26. The molecule has 1 aliphatic heterocycles. The number of aliphatic hydroxyl groups excluding tert-OH is 1. The number of aliphatic hydroxyl groups is 1. The highest BCUT2D eigenvalue weighted by Gasteiger charge is 2.41. The van der Waals surface area contributed by atoms with E-state index in [1.54, 1.807) is 0 Å². The van der Waals surface area contributed by atoms with Gasteiger partial charge < -0.3 is 9.84 Å². The molecule has 4 atom stereocenters. The minimum Gasteiger partial charge on any atom is -0.469 e. The Bertz CT molecular complexity index is 269. The van der Waals surface area contributed by atoms with Crippen molar-refractivity contribution in [1.29, 1.82) is 0 Å². The molecule has 0 amide bonds. The fourth-order valence-corrected chi connectivity index (χ4v) is 3.08. The summed E-state index contributed by atoms with van der Waals surface area (Å²) in [5.41, 5.74) is 0. The van der Waals surface area contributed by atoms with Crippen LogP contribution in [-0.4, -0.2) is 48.3 Å². The molecule has 1 aliphatic carbocycles. The number of esters is 1. The number of carbonyl (C=O) groups is 1. The van der Waals surface area contributed by atoms with Crippen molar-refractivity contribution in [1.82, 2.24) is 4.90 Å². The Morgan fingerprint density at radius 3 is 2.69 bits per heavy atom. The summed E-state index contributed by atoms with van der Waals surface area (Å²) in [6.07, 6.45) is 2.85. The van der Waals surface area contributed by atoms with Gasteiger partial charge in [-0.15, -0.1) is 0 Å². The van der Waals surface area contributed by atoms with E-state index >= 15 is 0 Å². The highest BCUT2D eigenvalue weighted by molar-refractivity contribution is 5.73. The molecular formula is C12H21NO3. The Labute approximate surface area is 96.6 Å². The molecule has 4 heteroatoms. The minimum absolute atomic E-state index is 0.0159. The van der Waals surface area contributed by atoms with Crippen molar-refractivity contribution < 1.29 is 14.6 Å². The zero-order valence-electron chi connectivity index (χ0n) is 10.1. The predicted molar refractivity (Wildman–Crippen MR) is 59.9 cm³/mol. The van der Waals surface area contributed by atoms with Gasteiger partial charge in [0, 0.05) is 19.1 Å². The normalized spacial score (nSPS) is 40.2. The van der Waals surface area contributed by atoms with Crippen LogP contribution in [0.3, 0.4) is 0 Å². The smallest absolute Gasteiger partial charge is 0.310 e. The lowest BCUT2D eigenvalue weighted by atomic mass is 9.99. The molecule has 2 rings (SSSR count). The van der Waals surface area contributed by atoms with Crippen LogP contribution >= 0.6 is 0 Å². The van der Waals surface area contributed by atoms with E-state index in [0.717, 1.165) is 32.4 Å². The van der Waals surface area contributed by atoms with E-state index in [-0.39, 0.29) is 24.0 Å². The van der Waals surface area contributed by atoms with Gasteiger partial charge in [-0.05, 0) is 25.2 Å². The Kier molecular flexibility index (Phi) is 3.50. The van der Waals surface area contributed by atoms with Crippen molar-refractivity contribution in [2.24, 2.45) is 11.8 Å². The molecule has 0 spiro atoms. The molecule has 0 aromatic heterocycles. The number of ether oxygens (including phenoxy) is 1. The number of rotatable bonds is 2. The van der Waals surface area contributed by atoms with Gasteiger partial charge in [0.1, 0.15) is 0 Å². The van der Waals surface area contributed by atoms with Crippen molar-refractivity contribution in [2.45, 2.75) is 38.3 Å². The topological polar surface area (TPSA) is 49.8 Å². The SMILES string of the molecule is COC(=O)C1CN(C2CCCC2O)CC1C. The average molecular weight is 227 g/mol. The number of carbonyl (C=O) groups excluding carboxylic acids is 1. The third kappa shape index (κ3) is 2.09.